The molecule has 0 spiro atoms. The number of rotatable bonds is 3. The number of aryl methyl sites for hydroxylation is 1. The summed E-state index contributed by atoms with van der Waals surface area (Å²) in [5.74, 6) is 1.03. The zero-order valence-corrected chi connectivity index (χ0v) is 21.8. The molecule has 190 valence electrons. The van der Waals surface area contributed by atoms with E-state index in [1.807, 2.05) is 48.5 Å². The SMILES string of the molecule is [2H]C1=C([2H])C([2H])C([2H])C(/C2=c3\cccc\c3=C(/C3=Cc4c(oc5ccccc45)CC3)C/C=C\C=C/C2)=C1c1ccccc1. The number of benzene rings is 3. The summed E-state index contributed by atoms with van der Waals surface area (Å²) in [6.07, 6.45) is 11.6. The number of furan rings is 1. The van der Waals surface area contributed by atoms with E-state index in [9.17, 15) is 1.37 Å². The van der Waals surface area contributed by atoms with Gasteiger partial charge in [-0.25, -0.2) is 0 Å². The van der Waals surface area contributed by atoms with Crippen LogP contribution in [-0.2, 0) is 6.42 Å². The molecule has 1 aromatic heterocycles. The van der Waals surface area contributed by atoms with E-state index in [0.29, 0.717) is 17.6 Å². The Morgan fingerprint density at radius 1 is 0.718 bits per heavy atom. The Bertz CT molecular complexity index is 2020. The first kappa shape index (κ1) is 19.7. The Morgan fingerprint density at radius 3 is 2.28 bits per heavy atom. The summed E-state index contributed by atoms with van der Waals surface area (Å²) in [4.78, 5) is 0. The molecule has 0 N–H and O–H groups in total. The van der Waals surface area contributed by atoms with E-state index >= 15 is 0 Å². The molecular formula is C38H32O. The van der Waals surface area contributed by atoms with Crippen LogP contribution < -0.4 is 10.4 Å². The lowest BCUT2D eigenvalue weighted by atomic mass is 9.83. The van der Waals surface area contributed by atoms with Crippen molar-refractivity contribution in [3.63, 3.8) is 0 Å². The molecule has 2 unspecified atom stereocenters. The Morgan fingerprint density at radius 2 is 1.44 bits per heavy atom. The van der Waals surface area contributed by atoms with Gasteiger partial charge in [-0.15, -0.1) is 0 Å². The van der Waals surface area contributed by atoms with Crippen molar-refractivity contribution in [1.29, 1.82) is 0 Å². The van der Waals surface area contributed by atoms with E-state index in [4.69, 9.17) is 8.53 Å². The standard InChI is InChI=1S/C38H32O/c1-2-7-18-33(31-19-9-8-17-29(31)27-14-4-3-5-15-27)34-21-11-10-20-32(34)30(16-6-1)28-24-25-38-36(26-28)35-22-12-13-23-37(35)39-38/h1-8,10-15,17,20-23,26H,9,16,18-19,24-25H2/b6-1-,7-2-,32-30+,34-33+/i8D,9D,17D,19D. The molecule has 0 amide bonds. The smallest absolute Gasteiger partial charge is 0.134 e. The summed E-state index contributed by atoms with van der Waals surface area (Å²) >= 11 is 0. The molecule has 0 saturated carbocycles. The van der Waals surface area contributed by atoms with E-state index < -0.39 is 12.8 Å². The molecule has 1 heteroatoms. The van der Waals surface area contributed by atoms with Gasteiger partial charge in [0.2, 0.25) is 0 Å². The van der Waals surface area contributed by atoms with E-state index in [0.717, 1.165) is 63.1 Å². The van der Waals surface area contributed by atoms with Gasteiger partial charge in [-0.3, -0.25) is 0 Å². The predicted octanol–water partition coefficient (Wildman–Crippen LogP) is 8.47. The molecule has 0 radical (unpaired) electrons. The predicted molar refractivity (Wildman–Crippen MR) is 164 cm³/mol. The van der Waals surface area contributed by atoms with Crippen LogP contribution in [0.2, 0.25) is 0 Å². The van der Waals surface area contributed by atoms with Gasteiger partial charge in [0.15, 0.2) is 0 Å². The summed E-state index contributed by atoms with van der Waals surface area (Å²) in [5.41, 5.74) is 7.60. The van der Waals surface area contributed by atoms with Gasteiger partial charge < -0.3 is 4.42 Å². The third kappa shape index (κ3) is 4.49. The molecule has 39 heavy (non-hydrogen) atoms. The van der Waals surface area contributed by atoms with Crippen LogP contribution in [0.3, 0.4) is 0 Å². The average molecular weight is 509 g/mol. The van der Waals surface area contributed by atoms with Crippen LogP contribution in [0.25, 0.3) is 33.8 Å². The first-order chi connectivity index (χ1) is 21.0. The lowest BCUT2D eigenvalue weighted by molar-refractivity contribution is 0.544. The second-order valence-corrected chi connectivity index (χ2v) is 10.1. The van der Waals surface area contributed by atoms with Crippen LogP contribution >= 0.6 is 0 Å². The summed E-state index contributed by atoms with van der Waals surface area (Å²) in [6.45, 7) is 0. The molecule has 3 aliphatic carbocycles. The molecule has 0 saturated heterocycles. The van der Waals surface area contributed by atoms with Gasteiger partial charge in [-0.2, -0.15) is 0 Å². The van der Waals surface area contributed by atoms with Crippen molar-refractivity contribution < 1.29 is 9.90 Å². The Balaban J connectivity index is 1.57. The lowest BCUT2D eigenvalue weighted by Crippen LogP contribution is -2.30. The van der Waals surface area contributed by atoms with Gasteiger partial charge in [0.05, 0.1) is 2.74 Å². The second-order valence-electron chi connectivity index (χ2n) is 10.1. The van der Waals surface area contributed by atoms with Gasteiger partial charge >= 0.3 is 0 Å². The molecule has 0 fully saturated rings. The van der Waals surface area contributed by atoms with Crippen LogP contribution in [0.1, 0.15) is 54.4 Å². The van der Waals surface area contributed by atoms with E-state index in [-0.39, 0.29) is 12.1 Å². The van der Waals surface area contributed by atoms with E-state index in [1.54, 1.807) is 0 Å². The molecule has 0 aliphatic heterocycles. The third-order valence-electron chi connectivity index (χ3n) is 7.83. The molecule has 3 aromatic carbocycles. The van der Waals surface area contributed by atoms with Crippen molar-refractivity contribution in [3.8, 4) is 0 Å². The maximum atomic E-state index is 9.25. The van der Waals surface area contributed by atoms with Crippen molar-refractivity contribution in [1.82, 2.24) is 0 Å². The van der Waals surface area contributed by atoms with Crippen LogP contribution in [-0.4, -0.2) is 0 Å². The van der Waals surface area contributed by atoms with Gasteiger partial charge in [0.25, 0.3) is 0 Å². The number of hydrogen-bond acceptors (Lipinski definition) is 1. The topological polar surface area (TPSA) is 13.1 Å². The van der Waals surface area contributed by atoms with E-state index in [2.05, 4.69) is 60.7 Å². The molecule has 1 heterocycles. The highest BCUT2D eigenvalue weighted by Gasteiger charge is 2.21. The number of fused-ring (bicyclic) bond motifs is 4. The van der Waals surface area contributed by atoms with Crippen molar-refractivity contribution in [2.45, 2.75) is 38.5 Å². The highest BCUT2D eigenvalue weighted by Crippen LogP contribution is 2.37. The third-order valence-corrected chi connectivity index (χ3v) is 7.83. The quantitative estimate of drug-likeness (QED) is 0.270. The minimum absolute atomic E-state index is 0.0363. The number of allylic oxidation sites excluding steroid dienone is 9. The van der Waals surface area contributed by atoms with Gasteiger partial charge in [0, 0.05) is 20.1 Å². The minimum atomic E-state index is -1.12. The summed E-state index contributed by atoms with van der Waals surface area (Å²) in [5, 5.41) is 3.27. The van der Waals surface area contributed by atoms with Crippen LogP contribution in [0, 0.1) is 0 Å². The fraction of sp³-hybridized carbons (Fsp3) is 0.158. The van der Waals surface area contributed by atoms with E-state index in [1.165, 1.54) is 11.1 Å². The maximum Gasteiger partial charge on any atom is 0.134 e. The van der Waals surface area contributed by atoms with Crippen molar-refractivity contribution in [3.05, 3.63) is 154 Å². The molecule has 3 aliphatic rings. The average Bonchev–Trinajstić information content (AvgIpc) is 3.42. The fourth-order valence-corrected chi connectivity index (χ4v) is 5.98. The van der Waals surface area contributed by atoms with Gasteiger partial charge in [-0.1, -0.05) is 109 Å². The summed E-state index contributed by atoms with van der Waals surface area (Å²) in [6, 6.07) is 26.2. The molecule has 0 bridgehead atoms. The van der Waals surface area contributed by atoms with Gasteiger partial charge in [0.1, 0.15) is 11.3 Å². The molecule has 7 rings (SSSR count). The Kier molecular flexibility index (Phi) is 5.26. The summed E-state index contributed by atoms with van der Waals surface area (Å²) < 4.78 is 41.7. The highest BCUT2D eigenvalue weighted by molar-refractivity contribution is 5.93. The Labute approximate surface area is 235 Å². The Hall–Kier alpha value is -4.36. The summed E-state index contributed by atoms with van der Waals surface area (Å²) in [7, 11) is 0. The second kappa shape index (κ2) is 10.4. The number of para-hydroxylation sites is 1. The molecule has 4 aromatic rings. The largest absolute Gasteiger partial charge is 0.460 e. The number of hydrogen-bond donors (Lipinski definition) is 0. The highest BCUT2D eigenvalue weighted by atomic mass is 16.3. The molecular weight excluding hydrogens is 472 g/mol. The van der Waals surface area contributed by atoms with Gasteiger partial charge in [-0.05, 0) is 88.1 Å². The van der Waals surface area contributed by atoms with Crippen molar-refractivity contribution in [2.75, 3.05) is 0 Å². The fourth-order valence-electron chi connectivity index (χ4n) is 5.98. The monoisotopic (exact) mass is 508 g/mol. The van der Waals surface area contributed by atoms with Crippen LogP contribution in [0.5, 0.6) is 0 Å². The zero-order valence-electron chi connectivity index (χ0n) is 25.8. The molecule has 2 atom stereocenters. The normalized spacial score (nSPS) is 27.4. The zero-order chi connectivity index (χ0) is 29.5. The first-order valence-corrected chi connectivity index (χ1v) is 13.7. The first-order valence-electron chi connectivity index (χ1n) is 15.8. The van der Waals surface area contributed by atoms with Crippen LogP contribution in [0.15, 0.2) is 131 Å². The lowest BCUT2D eigenvalue weighted by Gasteiger charge is -2.21. The minimum Gasteiger partial charge on any atom is -0.460 e. The van der Waals surface area contributed by atoms with Crippen LogP contribution in [0.4, 0.5) is 0 Å². The van der Waals surface area contributed by atoms with Crippen molar-refractivity contribution in [2.24, 2.45) is 0 Å². The van der Waals surface area contributed by atoms with Crippen molar-refractivity contribution >= 4 is 33.8 Å². The maximum absolute atomic E-state index is 9.25. The molecule has 1 nitrogen and oxygen atoms in total.